The topological polar surface area (TPSA) is 418 Å². The summed E-state index contributed by atoms with van der Waals surface area (Å²) >= 11 is 16.1. The average molecular weight is 1880 g/mol. The second-order valence-corrected chi connectivity index (χ2v) is 35.1. The molecule has 36 heteroatoms. The molecule has 4 aliphatic carbocycles. The highest BCUT2D eigenvalue weighted by atomic mass is 79.9. The number of amides is 8. The average Bonchev–Trinajstić information content (AvgIpc) is 1.59. The van der Waals surface area contributed by atoms with Gasteiger partial charge < -0.3 is 81.0 Å². The van der Waals surface area contributed by atoms with Gasteiger partial charge in [0.05, 0.1) is 63.1 Å². The number of anilines is 1. The van der Waals surface area contributed by atoms with Gasteiger partial charge >= 0.3 is 24.1 Å². The van der Waals surface area contributed by atoms with Gasteiger partial charge in [-0.05, 0) is 171 Å². The first kappa shape index (κ1) is 90.5. The van der Waals surface area contributed by atoms with Crippen LogP contribution in [0.1, 0.15) is 179 Å². The smallest absolute Gasteiger partial charge is 0.495 e. The summed E-state index contributed by atoms with van der Waals surface area (Å²) in [7, 11) is 3.07. The minimum absolute atomic E-state index is 0.00819. The molecule has 31 nitrogen and oxygen atoms in total. The molecule has 0 bridgehead atoms. The van der Waals surface area contributed by atoms with Gasteiger partial charge in [0.15, 0.2) is 22.8 Å². The van der Waals surface area contributed by atoms with Crippen LogP contribution >= 0.6 is 71.3 Å². The van der Waals surface area contributed by atoms with Crippen LogP contribution in [0.3, 0.4) is 0 Å². The molecule has 4 aliphatic heterocycles. The van der Waals surface area contributed by atoms with Crippen LogP contribution in [-0.2, 0) is 52.3 Å². The number of nitrogens with zero attached hydrogens (tertiary/aromatic N) is 5. The number of hydrogen-bond acceptors (Lipinski definition) is 22. The Hall–Kier alpha value is -9.26. The number of halogens is 3. The van der Waals surface area contributed by atoms with Crippen LogP contribution in [0, 0.1) is 23.7 Å². The Morgan fingerprint density at radius 1 is 0.639 bits per heavy atom. The molecule has 4 saturated carbocycles. The number of thiazole rings is 1. The molecule has 13 rings (SSSR count). The van der Waals surface area contributed by atoms with Crippen molar-refractivity contribution in [2.75, 3.05) is 38.0 Å². The number of carbonyl (C=O) groups excluding carboxylic acids is 11. The standard InChI is InChI=1S/C41H49BrN6O9S.C37H42Br2N4O9.C5H10N2OS/c1-22(2)35(49)46-39-44-29(21-58-39)28-18-32(26-15-16-31(55-3)33(42)34(26)43-28)56-25-17-30-36(50)47-41(38(52)53)19-23(41)11-7-5-4-6-8-14-27(37(51)48(30)20-25)45-40(54)57-24-12-9-10-13-24;1-49-29-15-14-24-30(17-26(28(44)19-38)40-32(24)31(29)39)51-23-16-27-33(45)42-37(35(47)50-2)18-21(37)10-6-4-3-5-7-13-25(34(46)43(27)20-23)41-36(48)52-22-11-8-9-12-22;1-3(2)4(8)7-5(6)9/h7,11,15-16,18,21-25,27,30H,4-6,8-10,12-14,17,19-20H2,1-3H3,(H,45,54)(H,47,50)(H,52,53)(H,44,46,49);6,10,14-15,17,21-23,25,27H,2-5,7-9,11-13,16,18-20H2,1H3,(H-,41,42,45,48);3H,1-2H3,(H3,6,7,8,9)/p+1/b11-7-;10-6-;/t23?,25-,27+,30+,41-;21?,23-,25+,27+,37-;/m11./s1. The highest BCUT2D eigenvalue weighted by Crippen LogP contribution is 2.48. The van der Waals surface area contributed by atoms with Crippen molar-refractivity contribution in [2.24, 2.45) is 29.4 Å². The van der Waals surface area contributed by atoms with Crippen molar-refractivity contribution in [3.8, 4) is 34.4 Å². The number of pyridine rings is 2. The van der Waals surface area contributed by atoms with Crippen LogP contribution < -0.4 is 56.6 Å². The Kier molecular flexibility index (Phi) is 31.1. The molecule has 2 unspecified atom stereocenters. The Morgan fingerprint density at radius 3 is 1.57 bits per heavy atom. The first-order chi connectivity index (χ1) is 57.0. The van der Waals surface area contributed by atoms with E-state index in [1.807, 2.05) is 24.3 Å². The van der Waals surface area contributed by atoms with Gasteiger partial charge in [0.1, 0.15) is 88.5 Å². The van der Waals surface area contributed by atoms with Gasteiger partial charge in [-0.15, -0.1) is 11.3 Å². The number of allylic oxidation sites excluding steroid dienone is 2. The van der Waals surface area contributed by atoms with Crippen molar-refractivity contribution in [1.29, 1.82) is 0 Å². The van der Waals surface area contributed by atoms with Gasteiger partial charge in [0.2, 0.25) is 41.0 Å². The summed E-state index contributed by atoms with van der Waals surface area (Å²) in [5, 5.41) is 30.2. The molecule has 6 fully saturated rings. The van der Waals surface area contributed by atoms with Crippen LogP contribution in [0.25, 0.3) is 33.2 Å². The molecule has 640 valence electrons. The van der Waals surface area contributed by atoms with E-state index < -0.39 is 95.2 Å². The second-order valence-electron chi connectivity index (χ2n) is 31.6. The van der Waals surface area contributed by atoms with E-state index >= 15 is 0 Å². The zero-order chi connectivity index (χ0) is 85.6. The number of alkyl halides is 1. The maximum atomic E-state index is 14.6. The lowest BCUT2D eigenvalue weighted by Crippen LogP contribution is -2.56. The van der Waals surface area contributed by atoms with Gasteiger partial charge in [0.25, 0.3) is 0 Å². The lowest BCUT2D eigenvalue weighted by Gasteiger charge is -2.29. The third-order valence-corrected chi connectivity index (χ3v) is 25.4. The molecule has 9 N–H and O–H groups in total. The molecule has 0 spiro atoms. The van der Waals surface area contributed by atoms with Crippen LogP contribution in [-0.4, -0.2) is 199 Å². The summed E-state index contributed by atoms with van der Waals surface area (Å²) in [5.74, 6) is -3.64. The largest absolute Gasteiger partial charge is 0.605 e. The SMILES string of the molecule is C=[O+]C(=O)[C@@]12CC1/C=C\CCCCC[C@H](NC(=O)OC1CCCC1)C(=O)N1C[C@H](Oc3cc(C(=O)CBr)nc4c(Br)c(OC)ccc34)C[C@H]1C(=O)N2.CC(C)C(=O)NC(N)=S.COc1ccc2c(O[C@@H]3C[C@H]4C(=O)N[C@]5(C(=O)O)CC5/C=C\CCCCC[C@H](NC(=O)OC5CCCC5)C(=O)N4C3)cc(-c3csc(NC(=O)C(C)C)n3)nc2c1Br. The van der Waals surface area contributed by atoms with E-state index in [0.29, 0.717) is 102 Å². The number of ketones is 1. The number of hydrogen-bond donors (Lipinski definition) is 8. The predicted molar refractivity (Wildman–Crippen MR) is 457 cm³/mol. The molecule has 8 aliphatic rings. The van der Waals surface area contributed by atoms with Gasteiger partial charge in [-0.2, -0.15) is 0 Å². The fourth-order valence-corrected chi connectivity index (χ4v) is 18.0. The molecule has 2 saturated heterocycles. The number of aromatic nitrogens is 3. The number of benzene rings is 2. The highest BCUT2D eigenvalue weighted by Gasteiger charge is 2.68. The minimum atomic E-state index is -1.48. The van der Waals surface area contributed by atoms with Crippen molar-refractivity contribution in [2.45, 2.75) is 229 Å². The molecule has 8 amide bonds. The molecule has 7 heterocycles. The summed E-state index contributed by atoms with van der Waals surface area (Å²) in [5.41, 5.74) is 4.29. The van der Waals surface area contributed by atoms with Gasteiger partial charge in [-0.3, -0.25) is 38.0 Å². The lowest BCUT2D eigenvalue weighted by molar-refractivity contribution is -0.372. The molecular weight excluding hydrogens is 1770 g/mol. The lowest BCUT2D eigenvalue weighted by atomic mass is 10.0. The predicted octanol–water partition coefficient (Wildman–Crippen LogP) is 11.8. The number of carbonyl (C=O) groups is 11. The monoisotopic (exact) mass is 1870 g/mol. The number of carboxylic acids is 1. The zero-order valence-corrected chi connectivity index (χ0v) is 73.6. The molecule has 3 aromatic heterocycles. The van der Waals surface area contributed by atoms with Crippen LogP contribution in [0.4, 0.5) is 14.7 Å². The summed E-state index contributed by atoms with van der Waals surface area (Å²) in [6, 6.07) is 6.28. The summed E-state index contributed by atoms with van der Waals surface area (Å²) < 4.78 is 41.6. The number of nitrogens with two attached hydrogens (primary N) is 1. The molecule has 119 heavy (non-hydrogen) atoms. The van der Waals surface area contributed by atoms with E-state index in [4.69, 9.17) is 43.6 Å². The Bertz CT molecular complexity index is 4750. The van der Waals surface area contributed by atoms with Crippen LogP contribution in [0.15, 0.2) is 75.0 Å². The first-order valence-electron chi connectivity index (χ1n) is 40.3. The van der Waals surface area contributed by atoms with Crippen molar-refractivity contribution in [3.63, 3.8) is 0 Å². The van der Waals surface area contributed by atoms with Gasteiger partial charge in [0, 0.05) is 64.8 Å². The van der Waals surface area contributed by atoms with Crippen molar-refractivity contribution in [1.82, 2.24) is 51.3 Å². The Balaban J connectivity index is 0.000000212. The maximum absolute atomic E-state index is 14.6. The molecule has 10 atom stereocenters. The van der Waals surface area contributed by atoms with E-state index in [1.165, 1.54) is 28.2 Å². The number of fused-ring (bicyclic) bond motifs is 6. The number of nitrogens with one attached hydrogen (secondary N) is 6. The number of methoxy groups -OCH3 is 2. The van der Waals surface area contributed by atoms with E-state index in [1.54, 1.807) is 76.6 Å². The molecule has 5 aromatic rings. The quantitative estimate of drug-likeness (QED) is 0.0133. The normalized spacial score (nSPS) is 25.2. The second kappa shape index (κ2) is 40.9. The zero-order valence-electron chi connectivity index (χ0n) is 67.2. The maximum Gasteiger partial charge on any atom is 0.605 e. The fourth-order valence-electron chi connectivity index (χ4n) is 15.7. The van der Waals surface area contributed by atoms with E-state index in [9.17, 15) is 57.8 Å². The van der Waals surface area contributed by atoms with E-state index in [-0.39, 0.29) is 102 Å². The third-order valence-electron chi connectivity index (χ3n) is 22.5. The number of rotatable bonds is 18. The van der Waals surface area contributed by atoms with Crippen molar-refractivity contribution >= 4 is 176 Å². The van der Waals surface area contributed by atoms with Crippen molar-refractivity contribution in [3.05, 3.63) is 80.7 Å². The number of thiocarbonyl (C=S) groups is 1. The number of aliphatic carboxylic acids is 1. The van der Waals surface area contributed by atoms with Crippen LogP contribution in [0.2, 0.25) is 0 Å². The van der Waals surface area contributed by atoms with E-state index in [2.05, 4.69) is 109 Å². The Morgan fingerprint density at radius 2 is 1.11 bits per heavy atom. The number of alkyl carbamates (subject to hydrolysis) is 2. The van der Waals surface area contributed by atoms with E-state index in [0.717, 1.165) is 89.9 Å². The van der Waals surface area contributed by atoms with Gasteiger partial charge in [-0.1, -0.05) is 93.6 Å². The first-order valence-corrected chi connectivity index (χ1v) is 44.3. The summed E-state index contributed by atoms with van der Waals surface area (Å²) in [6.07, 6.45) is 19.0. The highest BCUT2D eigenvalue weighted by molar-refractivity contribution is 9.11. The third kappa shape index (κ3) is 22.3. The Labute approximate surface area is 723 Å². The molecular formula is C83H102Br3N12O19S2+. The summed E-state index contributed by atoms with van der Waals surface area (Å²) in [4.78, 5) is 162. The number of carboxylic acid groups (broad SMARTS) is 1. The fraction of sp³-hybridized carbons (Fsp3) is 0.542. The minimum Gasteiger partial charge on any atom is -0.495 e. The van der Waals surface area contributed by atoms with Crippen LogP contribution in [0.5, 0.6) is 23.0 Å². The molecule has 0 radical (unpaired) electrons. The number of Topliss-reactive ketones (excluding diaryl/α,β-unsaturated/α-hetero) is 1. The van der Waals surface area contributed by atoms with Crippen molar-refractivity contribution < 1.29 is 90.7 Å². The van der Waals surface area contributed by atoms with Gasteiger partial charge in [-0.25, -0.2) is 29.3 Å². The summed E-state index contributed by atoms with van der Waals surface area (Å²) in [6.45, 7) is 10.4. The molecule has 2 aromatic carbocycles. The number of ether oxygens (including phenoxy) is 6.